The van der Waals surface area contributed by atoms with Crippen molar-refractivity contribution >= 4 is 60.9 Å². The van der Waals surface area contributed by atoms with Gasteiger partial charge < -0.3 is 19.4 Å². The second-order valence-electron chi connectivity index (χ2n) is 10.2. The highest BCUT2D eigenvalue weighted by Gasteiger charge is 2.15. The molecule has 0 atom stereocenters. The Bertz CT molecular complexity index is 2140. The van der Waals surface area contributed by atoms with E-state index in [-0.39, 0.29) is 11.6 Å². The maximum absolute atomic E-state index is 14.2. The summed E-state index contributed by atoms with van der Waals surface area (Å²) in [6, 6.07) is 30.7. The van der Waals surface area contributed by atoms with Gasteiger partial charge in [0, 0.05) is 37.9 Å². The Labute approximate surface area is 276 Å². The van der Waals surface area contributed by atoms with E-state index >= 15 is 0 Å². The molecule has 2 aromatic heterocycles. The lowest BCUT2D eigenvalue weighted by Gasteiger charge is -2.10. The van der Waals surface area contributed by atoms with Crippen LogP contribution in [0.25, 0.3) is 55.4 Å². The molecular weight excluding hydrogens is 681 g/mol. The average Bonchev–Trinajstić information content (AvgIpc) is 3.64. The number of benzene rings is 5. The number of hydrogen-bond donors (Lipinski definition) is 2. The summed E-state index contributed by atoms with van der Waals surface area (Å²) >= 11 is 15.7. The standard InChI is InChI=1S/C22H17ClFNO2.C14H8BrClFN/c1-26-15-7-8-16(21(12-15)27-2)13-6-9-19-14(10-13)11-20(25-19)22-17(23)4-3-5-18(22)24;15-9-4-5-12-8(6-9)7-13(18-12)14-10(16)2-1-3-11(14)17/h3-12,25H,1-2H3;1-7,18H. The highest BCUT2D eigenvalue weighted by molar-refractivity contribution is 9.10. The number of rotatable bonds is 5. The van der Waals surface area contributed by atoms with Gasteiger partial charge in [0.1, 0.15) is 23.1 Å². The maximum atomic E-state index is 14.2. The van der Waals surface area contributed by atoms with Gasteiger partial charge in [0.05, 0.1) is 46.8 Å². The van der Waals surface area contributed by atoms with Gasteiger partial charge in [0.2, 0.25) is 0 Å². The van der Waals surface area contributed by atoms with Gasteiger partial charge in [-0.25, -0.2) is 8.78 Å². The molecule has 0 aliphatic rings. The van der Waals surface area contributed by atoms with Gasteiger partial charge in [0.15, 0.2) is 0 Å². The Kier molecular flexibility index (Phi) is 8.85. The van der Waals surface area contributed by atoms with Crippen molar-refractivity contribution < 1.29 is 18.3 Å². The molecule has 0 aliphatic carbocycles. The second kappa shape index (κ2) is 13.0. The molecule has 0 bridgehead atoms. The number of halogens is 5. The third-order valence-corrected chi connectivity index (χ3v) is 8.51. The molecule has 2 N–H and O–H groups in total. The van der Waals surface area contributed by atoms with Crippen LogP contribution in [-0.2, 0) is 0 Å². The summed E-state index contributed by atoms with van der Waals surface area (Å²) in [7, 11) is 3.25. The average molecular weight is 706 g/mol. The smallest absolute Gasteiger partial charge is 0.134 e. The minimum atomic E-state index is -0.355. The van der Waals surface area contributed by atoms with Crippen LogP contribution in [0, 0.1) is 11.6 Å². The molecule has 9 heteroatoms. The van der Waals surface area contributed by atoms with Crippen molar-refractivity contribution in [2.75, 3.05) is 14.2 Å². The Balaban J connectivity index is 0.000000172. The number of aromatic amines is 2. The van der Waals surface area contributed by atoms with Gasteiger partial charge in [0.25, 0.3) is 0 Å². The first-order chi connectivity index (χ1) is 21.7. The number of aromatic nitrogens is 2. The van der Waals surface area contributed by atoms with E-state index in [0.29, 0.717) is 32.6 Å². The van der Waals surface area contributed by atoms with Gasteiger partial charge in [-0.3, -0.25) is 0 Å². The van der Waals surface area contributed by atoms with Crippen LogP contribution in [0.2, 0.25) is 10.0 Å². The predicted molar refractivity (Wildman–Crippen MR) is 184 cm³/mol. The third kappa shape index (κ3) is 6.29. The lowest BCUT2D eigenvalue weighted by Crippen LogP contribution is -1.90. The minimum Gasteiger partial charge on any atom is -0.497 e. The number of ether oxygens (including phenoxy) is 2. The first kappa shape index (κ1) is 30.7. The SMILES string of the molecule is COc1ccc(-c2ccc3[nH]c(-c4c(F)cccc4Cl)cc3c2)c(OC)c1.Fc1cccc(Cl)c1-c1cc2cc(Br)ccc2[nH]1. The molecule has 0 saturated carbocycles. The van der Waals surface area contributed by atoms with E-state index in [4.69, 9.17) is 32.7 Å². The summed E-state index contributed by atoms with van der Waals surface area (Å²) in [4.78, 5) is 6.42. The number of fused-ring (bicyclic) bond motifs is 2. The normalized spacial score (nSPS) is 11.0. The first-order valence-corrected chi connectivity index (χ1v) is 15.3. The van der Waals surface area contributed by atoms with E-state index in [1.54, 1.807) is 38.5 Å². The molecule has 0 unspecified atom stereocenters. The van der Waals surface area contributed by atoms with Crippen LogP contribution in [0.3, 0.4) is 0 Å². The van der Waals surface area contributed by atoms with Crippen LogP contribution in [0.4, 0.5) is 8.78 Å². The summed E-state index contributed by atoms with van der Waals surface area (Å²) in [6.07, 6.45) is 0. The monoisotopic (exact) mass is 704 g/mol. The van der Waals surface area contributed by atoms with E-state index in [9.17, 15) is 8.78 Å². The van der Waals surface area contributed by atoms with E-state index < -0.39 is 0 Å². The van der Waals surface area contributed by atoms with Crippen LogP contribution < -0.4 is 9.47 Å². The Hall–Kier alpha value is -4.30. The van der Waals surface area contributed by atoms with Crippen LogP contribution >= 0.6 is 39.1 Å². The summed E-state index contributed by atoms with van der Waals surface area (Å²) in [5.41, 5.74) is 5.91. The topological polar surface area (TPSA) is 50.0 Å². The van der Waals surface area contributed by atoms with Crippen LogP contribution in [0.5, 0.6) is 11.5 Å². The Morgan fingerprint density at radius 1 is 0.622 bits per heavy atom. The molecular formula is C36H25BrCl2F2N2O2. The fourth-order valence-corrected chi connectivity index (χ4v) is 6.13. The zero-order chi connectivity index (χ0) is 31.7. The van der Waals surface area contributed by atoms with Crippen molar-refractivity contribution in [1.29, 1.82) is 0 Å². The van der Waals surface area contributed by atoms with Gasteiger partial charge in [-0.2, -0.15) is 0 Å². The van der Waals surface area contributed by atoms with Crippen molar-refractivity contribution in [3.63, 3.8) is 0 Å². The van der Waals surface area contributed by atoms with E-state index in [1.165, 1.54) is 12.1 Å². The third-order valence-electron chi connectivity index (χ3n) is 7.39. The summed E-state index contributed by atoms with van der Waals surface area (Å²) in [5.74, 6) is 0.774. The highest BCUT2D eigenvalue weighted by atomic mass is 79.9. The van der Waals surface area contributed by atoms with Gasteiger partial charge in [-0.1, -0.05) is 57.3 Å². The largest absolute Gasteiger partial charge is 0.497 e. The van der Waals surface area contributed by atoms with E-state index in [0.717, 1.165) is 48.9 Å². The summed E-state index contributed by atoms with van der Waals surface area (Å²) in [6.45, 7) is 0. The molecule has 2 heterocycles. The quantitative estimate of drug-likeness (QED) is 0.187. The lowest BCUT2D eigenvalue weighted by atomic mass is 10.0. The first-order valence-electron chi connectivity index (χ1n) is 13.8. The molecule has 5 aromatic carbocycles. The molecule has 0 spiro atoms. The molecule has 4 nitrogen and oxygen atoms in total. The molecule has 7 aromatic rings. The molecule has 0 aliphatic heterocycles. The number of hydrogen-bond acceptors (Lipinski definition) is 2. The lowest BCUT2D eigenvalue weighted by molar-refractivity contribution is 0.395. The second-order valence-corrected chi connectivity index (χ2v) is 11.9. The molecule has 0 radical (unpaired) electrons. The van der Waals surface area contributed by atoms with Gasteiger partial charge in [-0.15, -0.1) is 0 Å². The molecule has 7 rings (SSSR count). The Morgan fingerprint density at radius 2 is 1.20 bits per heavy atom. The molecule has 226 valence electrons. The molecule has 0 fully saturated rings. The number of H-pyrrole nitrogens is 2. The van der Waals surface area contributed by atoms with Crippen molar-refractivity contribution in [3.05, 3.63) is 129 Å². The Morgan fingerprint density at radius 3 is 1.76 bits per heavy atom. The van der Waals surface area contributed by atoms with Crippen LogP contribution in [-0.4, -0.2) is 24.2 Å². The maximum Gasteiger partial charge on any atom is 0.134 e. The van der Waals surface area contributed by atoms with Gasteiger partial charge in [-0.05, 0) is 84.4 Å². The van der Waals surface area contributed by atoms with Crippen LogP contribution in [0.15, 0.2) is 108 Å². The van der Waals surface area contributed by atoms with Gasteiger partial charge >= 0.3 is 0 Å². The summed E-state index contributed by atoms with van der Waals surface area (Å²) in [5, 5.41) is 2.75. The fourth-order valence-electron chi connectivity index (χ4n) is 5.22. The number of nitrogens with one attached hydrogen (secondary N) is 2. The fraction of sp³-hybridized carbons (Fsp3) is 0.0556. The van der Waals surface area contributed by atoms with E-state index in [1.807, 2.05) is 66.7 Å². The molecule has 0 amide bonds. The molecule has 45 heavy (non-hydrogen) atoms. The van der Waals surface area contributed by atoms with Crippen LogP contribution in [0.1, 0.15) is 0 Å². The highest BCUT2D eigenvalue weighted by Crippen LogP contribution is 2.37. The minimum absolute atomic E-state index is 0.326. The number of methoxy groups -OCH3 is 2. The van der Waals surface area contributed by atoms with Crippen molar-refractivity contribution in [3.8, 4) is 45.1 Å². The van der Waals surface area contributed by atoms with Crippen molar-refractivity contribution in [2.45, 2.75) is 0 Å². The van der Waals surface area contributed by atoms with Crippen molar-refractivity contribution in [2.24, 2.45) is 0 Å². The molecule has 0 saturated heterocycles. The van der Waals surface area contributed by atoms with E-state index in [2.05, 4.69) is 25.9 Å². The predicted octanol–water partition coefficient (Wildman–Crippen LogP) is 11.7. The summed E-state index contributed by atoms with van der Waals surface area (Å²) < 4.78 is 39.8. The van der Waals surface area contributed by atoms with Crippen molar-refractivity contribution in [1.82, 2.24) is 9.97 Å². The zero-order valence-electron chi connectivity index (χ0n) is 24.0. The zero-order valence-corrected chi connectivity index (χ0v) is 27.1.